The second kappa shape index (κ2) is 9.63. The van der Waals surface area contributed by atoms with Crippen molar-refractivity contribution in [3.05, 3.63) is 27.6 Å². The van der Waals surface area contributed by atoms with Crippen LogP contribution >= 0.6 is 23.4 Å². The lowest BCUT2D eigenvalue weighted by molar-refractivity contribution is -0.139. The first-order valence-electron chi connectivity index (χ1n) is 7.83. The third-order valence-electron chi connectivity index (χ3n) is 3.49. The van der Waals surface area contributed by atoms with Crippen molar-refractivity contribution in [2.24, 2.45) is 0 Å². The molecular formula is C17H18ClNO7S. The van der Waals surface area contributed by atoms with Crippen molar-refractivity contribution in [3.63, 3.8) is 0 Å². The molecule has 0 unspecified atom stereocenters. The van der Waals surface area contributed by atoms with Gasteiger partial charge in [0.15, 0.2) is 18.1 Å². The van der Waals surface area contributed by atoms with Crippen molar-refractivity contribution in [3.8, 4) is 11.5 Å². The zero-order chi connectivity index (χ0) is 20.0. The van der Waals surface area contributed by atoms with Gasteiger partial charge in [0.2, 0.25) is 0 Å². The number of amides is 2. The molecule has 1 aromatic carbocycles. The number of carboxylic acids is 1. The van der Waals surface area contributed by atoms with E-state index in [-0.39, 0.29) is 39.1 Å². The molecule has 1 heterocycles. The number of imide groups is 1. The van der Waals surface area contributed by atoms with Crippen molar-refractivity contribution < 1.29 is 33.7 Å². The molecule has 1 fully saturated rings. The first-order chi connectivity index (χ1) is 12.9. The fourth-order valence-electron chi connectivity index (χ4n) is 2.31. The molecule has 8 nitrogen and oxygen atoms in total. The summed E-state index contributed by atoms with van der Waals surface area (Å²) in [4.78, 5) is 36.5. The number of methoxy groups -OCH3 is 2. The normalized spacial score (nSPS) is 15.5. The van der Waals surface area contributed by atoms with Gasteiger partial charge in [-0.05, 0) is 42.0 Å². The van der Waals surface area contributed by atoms with E-state index >= 15 is 0 Å². The van der Waals surface area contributed by atoms with Crippen LogP contribution in [0.25, 0.3) is 6.08 Å². The molecule has 1 aromatic rings. The first kappa shape index (κ1) is 21.1. The lowest BCUT2D eigenvalue weighted by Gasteiger charge is -2.12. The molecule has 1 saturated heterocycles. The van der Waals surface area contributed by atoms with Crippen LogP contribution in [-0.2, 0) is 14.3 Å². The Hall–Kier alpha value is -2.23. The Morgan fingerprint density at radius 1 is 1.33 bits per heavy atom. The highest BCUT2D eigenvalue weighted by Gasteiger charge is 2.34. The van der Waals surface area contributed by atoms with E-state index in [0.717, 1.165) is 11.8 Å². The molecule has 0 aromatic heterocycles. The summed E-state index contributed by atoms with van der Waals surface area (Å²) in [6.45, 7) is 0.156. The van der Waals surface area contributed by atoms with Gasteiger partial charge in [-0.25, -0.2) is 4.79 Å². The van der Waals surface area contributed by atoms with E-state index < -0.39 is 12.6 Å². The molecule has 0 aliphatic carbocycles. The van der Waals surface area contributed by atoms with Crippen LogP contribution in [0.1, 0.15) is 12.0 Å². The van der Waals surface area contributed by atoms with Crippen molar-refractivity contribution in [1.29, 1.82) is 0 Å². The van der Waals surface area contributed by atoms with Crippen molar-refractivity contribution in [1.82, 2.24) is 4.90 Å². The molecule has 27 heavy (non-hydrogen) atoms. The van der Waals surface area contributed by atoms with Gasteiger partial charge in [-0.15, -0.1) is 0 Å². The molecule has 0 saturated carbocycles. The summed E-state index contributed by atoms with van der Waals surface area (Å²) >= 11 is 6.99. The highest BCUT2D eigenvalue weighted by atomic mass is 35.5. The average Bonchev–Trinajstić information content (AvgIpc) is 2.87. The molecule has 0 bridgehead atoms. The summed E-state index contributed by atoms with van der Waals surface area (Å²) in [6, 6.07) is 3.04. The van der Waals surface area contributed by atoms with Gasteiger partial charge in [-0.1, -0.05) is 11.6 Å². The molecule has 1 aliphatic heterocycles. The van der Waals surface area contributed by atoms with Gasteiger partial charge in [0.1, 0.15) is 0 Å². The van der Waals surface area contributed by atoms with Gasteiger partial charge in [0.25, 0.3) is 11.1 Å². The summed E-state index contributed by atoms with van der Waals surface area (Å²) in [5, 5.41) is 8.51. The number of halogens is 1. The number of nitrogens with zero attached hydrogens (tertiary/aromatic N) is 1. The average molecular weight is 416 g/mol. The van der Waals surface area contributed by atoms with E-state index in [1.54, 1.807) is 13.2 Å². The molecule has 2 amide bonds. The van der Waals surface area contributed by atoms with Crippen LogP contribution < -0.4 is 9.47 Å². The smallest absolute Gasteiger partial charge is 0.341 e. The van der Waals surface area contributed by atoms with Crippen LogP contribution in [0.2, 0.25) is 5.02 Å². The number of benzene rings is 1. The Labute approximate surface area is 165 Å². The minimum Gasteiger partial charge on any atom is -0.493 e. The molecule has 0 atom stereocenters. The topological polar surface area (TPSA) is 102 Å². The monoisotopic (exact) mass is 415 g/mol. The Balaban J connectivity index is 2.23. The van der Waals surface area contributed by atoms with Crippen molar-refractivity contribution in [2.45, 2.75) is 6.42 Å². The lowest BCUT2D eigenvalue weighted by Crippen LogP contribution is -2.29. The van der Waals surface area contributed by atoms with Gasteiger partial charge >= 0.3 is 5.97 Å². The molecule has 0 spiro atoms. The van der Waals surface area contributed by atoms with E-state index in [1.165, 1.54) is 24.2 Å². The standard InChI is InChI=1S/C17H18ClNO7S/c1-24-5-3-4-19-16(22)13(27-17(19)23)8-10-6-11(18)15(12(7-10)25-2)26-9-14(20)21/h6-8H,3-5,9H2,1-2H3,(H,20,21)/b13-8+. The second-order valence-corrected chi connectivity index (χ2v) is 6.80. The van der Waals surface area contributed by atoms with Crippen LogP contribution in [-0.4, -0.2) is 61.1 Å². The lowest BCUT2D eigenvalue weighted by atomic mass is 10.1. The van der Waals surface area contributed by atoms with E-state index in [1.807, 2.05) is 0 Å². The summed E-state index contributed by atoms with van der Waals surface area (Å²) in [5.41, 5.74) is 0.516. The van der Waals surface area contributed by atoms with E-state index in [4.69, 9.17) is 30.9 Å². The number of hydrogen-bond donors (Lipinski definition) is 1. The minimum absolute atomic E-state index is 0.0892. The molecular weight excluding hydrogens is 398 g/mol. The van der Waals surface area contributed by atoms with E-state index in [2.05, 4.69) is 0 Å². The van der Waals surface area contributed by atoms with Gasteiger partial charge in [0.05, 0.1) is 17.0 Å². The van der Waals surface area contributed by atoms with Gasteiger partial charge in [-0.3, -0.25) is 14.5 Å². The fraction of sp³-hybridized carbons (Fsp3) is 0.353. The highest BCUT2D eigenvalue weighted by Crippen LogP contribution is 2.39. The summed E-state index contributed by atoms with van der Waals surface area (Å²) < 4.78 is 15.2. The maximum atomic E-state index is 12.4. The summed E-state index contributed by atoms with van der Waals surface area (Å²) in [6.07, 6.45) is 2.08. The van der Waals surface area contributed by atoms with Crippen LogP contribution in [0.4, 0.5) is 4.79 Å². The zero-order valence-corrected chi connectivity index (χ0v) is 16.3. The van der Waals surface area contributed by atoms with Crippen LogP contribution in [0, 0.1) is 0 Å². The number of aliphatic carboxylic acids is 1. The number of carboxylic acid groups (broad SMARTS) is 1. The molecule has 1 N–H and O–H groups in total. The first-order valence-corrected chi connectivity index (χ1v) is 9.03. The van der Waals surface area contributed by atoms with E-state index in [9.17, 15) is 14.4 Å². The SMILES string of the molecule is COCCCN1C(=O)S/C(=C/c2cc(Cl)c(OCC(=O)O)c(OC)c2)C1=O. The summed E-state index contributed by atoms with van der Waals surface area (Å²) in [7, 11) is 2.93. The van der Waals surface area contributed by atoms with Crippen LogP contribution in [0.3, 0.4) is 0 Å². The highest BCUT2D eigenvalue weighted by molar-refractivity contribution is 8.18. The Morgan fingerprint density at radius 3 is 2.70 bits per heavy atom. The largest absolute Gasteiger partial charge is 0.493 e. The summed E-state index contributed by atoms with van der Waals surface area (Å²) in [5.74, 6) is -1.23. The van der Waals surface area contributed by atoms with Crippen LogP contribution in [0.15, 0.2) is 17.0 Å². The molecule has 146 valence electrons. The number of ether oxygens (including phenoxy) is 3. The maximum Gasteiger partial charge on any atom is 0.341 e. The third kappa shape index (κ3) is 5.38. The van der Waals surface area contributed by atoms with E-state index in [0.29, 0.717) is 18.6 Å². The number of carbonyl (C=O) groups is 3. The van der Waals surface area contributed by atoms with Gasteiger partial charge in [-0.2, -0.15) is 0 Å². The number of hydrogen-bond acceptors (Lipinski definition) is 7. The Kier molecular flexibility index (Phi) is 7.52. The van der Waals surface area contributed by atoms with Crippen LogP contribution in [0.5, 0.6) is 11.5 Å². The molecule has 1 aliphatic rings. The quantitative estimate of drug-likeness (QED) is 0.485. The van der Waals surface area contributed by atoms with Gasteiger partial charge in [0, 0.05) is 20.3 Å². The maximum absolute atomic E-state index is 12.4. The van der Waals surface area contributed by atoms with Crippen molar-refractivity contribution >= 4 is 46.6 Å². The second-order valence-electron chi connectivity index (χ2n) is 5.40. The zero-order valence-electron chi connectivity index (χ0n) is 14.7. The third-order valence-corrected chi connectivity index (χ3v) is 4.68. The Morgan fingerprint density at radius 2 is 2.07 bits per heavy atom. The molecule has 0 radical (unpaired) electrons. The number of rotatable bonds is 9. The predicted molar refractivity (Wildman–Crippen MR) is 100 cm³/mol. The number of carbonyl (C=O) groups excluding carboxylic acids is 2. The fourth-order valence-corrected chi connectivity index (χ4v) is 3.45. The molecule has 2 rings (SSSR count). The minimum atomic E-state index is -1.15. The predicted octanol–water partition coefficient (Wildman–Crippen LogP) is 2.88. The van der Waals surface area contributed by atoms with Crippen molar-refractivity contribution in [2.75, 3.05) is 34.0 Å². The number of thioether (sulfide) groups is 1. The Bertz CT molecular complexity index is 781. The van der Waals surface area contributed by atoms with Gasteiger partial charge < -0.3 is 19.3 Å². The molecule has 10 heteroatoms.